The van der Waals surface area contributed by atoms with Gasteiger partial charge in [-0.25, -0.2) is 4.39 Å². The van der Waals surface area contributed by atoms with Crippen molar-refractivity contribution in [2.24, 2.45) is 0 Å². The third kappa shape index (κ3) is 4.06. The largest absolute Gasteiger partial charge is 0.313 e. The second kappa shape index (κ2) is 7.41. The molecule has 0 aromatic heterocycles. The molecule has 1 unspecified atom stereocenters. The van der Waals surface area contributed by atoms with Crippen LogP contribution in [-0.4, -0.2) is 7.05 Å². The lowest BCUT2D eigenvalue weighted by Crippen LogP contribution is -2.16. The van der Waals surface area contributed by atoms with Gasteiger partial charge in [-0.15, -0.1) is 0 Å². The minimum Gasteiger partial charge on any atom is -0.313 e. The Balaban J connectivity index is 1.91. The zero-order valence-electron chi connectivity index (χ0n) is 11.6. The molecule has 106 valence electrons. The van der Waals surface area contributed by atoms with E-state index < -0.39 is 0 Å². The van der Waals surface area contributed by atoms with E-state index >= 15 is 0 Å². The van der Waals surface area contributed by atoms with Crippen LogP contribution in [0.3, 0.4) is 0 Å². The third-order valence-electron chi connectivity index (χ3n) is 3.50. The third-order valence-corrected chi connectivity index (χ3v) is 3.74. The fourth-order valence-electron chi connectivity index (χ4n) is 2.38. The monoisotopic (exact) mass is 291 g/mol. The van der Waals surface area contributed by atoms with E-state index in [2.05, 4.69) is 17.4 Å². The molecule has 0 amide bonds. The van der Waals surface area contributed by atoms with Crippen LogP contribution in [0.25, 0.3) is 0 Å². The molecular weight excluding hydrogens is 273 g/mol. The molecule has 0 aliphatic rings. The molecule has 2 aromatic carbocycles. The van der Waals surface area contributed by atoms with E-state index in [1.54, 1.807) is 12.1 Å². The van der Waals surface area contributed by atoms with Crippen LogP contribution < -0.4 is 5.32 Å². The second-order valence-corrected chi connectivity index (χ2v) is 5.32. The smallest absolute Gasteiger partial charge is 0.127 e. The zero-order valence-corrected chi connectivity index (χ0v) is 12.3. The summed E-state index contributed by atoms with van der Waals surface area (Å²) in [6.45, 7) is 0. The molecule has 0 bridgehead atoms. The first-order chi connectivity index (χ1) is 9.70. The highest BCUT2D eigenvalue weighted by atomic mass is 35.5. The van der Waals surface area contributed by atoms with Crippen molar-refractivity contribution >= 4 is 11.6 Å². The van der Waals surface area contributed by atoms with Crippen LogP contribution in [0.2, 0.25) is 5.02 Å². The van der Waals surface area contributed by atoms with Crippen molar-refractivity contribution in [3.8, 4) is 0 Å². The average Bonchev–Trinajstić information content (AvgIpc) is 2.46. The van der Waals surface area contributed by atoms with Gasteiger partial charge in [0.15, 0.2) is 0 Å². The van der Waals surface area contributed by atoms with Gasteiger partial charge >= 0.3 is 0 Å². The van der Waals surface area contributed by atoms with E-state index in [0.717, 1.165) is 24.8 Å². The number of halogens is 2. The highest BCUT2D eigenvalue weighted by Gasteiger charge is 2.09. The summed E-state index contributed by atoms with van der Waals surface area (Å²) in [4.78, 5) is 0. The first-order valence-electron chi connectivity index (χ1n) is 6.87. The summed E-state index contributed by atoms with van der Waals surface area (Å²) in [5, 5.41) is 3.76. The summed E-state index contributed by atoms with van der Waals surface area (Å²) in [6.07, 6.45) is 2.63. The Morgan fingerprint density at radius 1 is 1.15 bits per heavy atom. The Kier molecular flexibility index (Phi) is 5.57. The Morgan fingerprint density at radius 2 is 1.90 bits per heavy atom. The minimum atomic E-state index is -0.210. The topological polar surface area (TPSA) is 12.0 Å². The van der Waals surface area contributed by atoms with Crippen molar-refractivity contribution in [2.75, 3.05) is 7.05 Å². The van der Waals surface area contributed by atoms with Crippen molar-refractivity contribution in [2.45, 2.75) is 25.3 Å². The fourth-order valence-corrected chi connectivity index (χ4v) is 2.54. The standard InChI is InChI=1S/C17H19ClFN/c1-20-17(14-6-3-2-4-7-14)9-5-8-13-10-11-15(18)12-16(13)19/h2-4,6-7,10-12,17,20H,5,8-9H2,1H3. The molecular formula is C17H19ClFN. The lowest BCUT2D eigenvalue weighted by Gasteiger charge is -2.16. The molecule has 0 saturated heterocycles. The maximum absolute atomic E-state index is 13.7. The van der Waals surface area contributed by atoms with Crippen molar-refractivity contribution in [3.05, 3.63) is 70.5 Å². The van der Waals surface area contributed by atoms with Gasteiger partial charge < -0.3 is 5.32 Å². The number of nitrogens with one attached hydrogen (secondary N) is 1. The van der Waals surface area contributed by atoms with Crippen LogP contribution in [0.5, 0.6) is 0 Å². The Labute approximate surface area is 124 Å². The van der Waals surface area contributed by atoms with Gasteiger partial charge in [0, 0.05) is 11.1 Å². The summed E-state index contributed by atoms with van der Waals surface area (Å²) >= 11 is 5.75. The number of rotatable bonds is 6. The first kappa shape index (κ1) is 15.0. The van der Waals surface area contributed by atoms with Crippen molar-refractivity contribution < 1.29 is 4.39 Å². The molecule has 0 aliphatic heterocycles. The van der Waals surface area contributed by atoms with Crippen LogP contribution >= 0.6 is 11.6 Å². The van der Waals surface area contributed by atoms with Gasteiger partial charge in [-0.2, -0.15) is 0 Å². The predicted molar refractivity (Wildman–Crippen MR) is 82.6 cm³/mol. The van der Waals surface area contributed by atoms with Gasteiger partial charge in [-0.1, -0.05) is 48.0 Å². The molecule has 1 N–H and O–H groups in total. The normalized spacial score (nSPS) is 12.3. The summed E-state index contributed by atoms with van der Waals surface area (Å²) in [5.41, 5.74) is 2.00. The highest BCUT2D eigenvalue weighted by Crippen LogP contribution is 2.21. The van der Waals surface area contributed by atoms with Gasteiger partial charge in [0.2, 0.25) is 0 Å². The van der Waals surface area contributed by atoms with Gasteiger partial charge in [-0.3, -0.25) is 0 Å². The van der Waals surface area contributed by atoms with E-state index in [0.29, 0.717) is 11.1 Å². The average molecular weight is 292 g/mol. The van der Waals surface area contributed by atoms with Crippen molar-refractivity contribution in [1.29, 1.82) is 0 Å². The molecule has 0 heterocycles. The molecule has 0 aliphatic carbocycles. The second-order valence-electron chi connectivity index (χ2n) is 4.88. The van der Waals surface area contributed by atoms with E-state index in [1.165, 1.54) is 11.6 Å². The number of hydrogen-bond acceptors (Lipinski definition) is 1. The van der Waals surface area contributed by atoms with Crippen LogP contribution in [0, 0.1) is 5.82 Å². The molecule has 2 rings (SSSR count). The summed E-state index contributed by atoms with van der Waals surface area (Å²) in [7, 11) is 1.96. The minimum absolute atomic E-state index is 0.210. The highest BCUT2D eigenvalue weighted by molar-refractivity contribution is 6.30. The Hall–Kier alpha value is -1.38. The summed E-state index contributed by atoms with van der Waals surface area (Å²) in [6, 6.07) is 15.5. The SMILES string of the molecule is CNC(CCCc1ccc(Cl)cc1F)c1ccccc1. The number of aryl methyl sites for hydroxylation is 1. The number of benzene rings is 2. The van der Waals surface area contributed by atoms with Gasteiger partial charge in [-0.05, 0) is 49.6 Å². The molecule has 1 nitrogen and oxygen atoms in total. The maximum atomic E-state index is 13.7. The molecule has 0 radical (unpaired) electrons. The van der Waals surface area contributed by atoms with Gasteiger partial charge in [0.05, 0.1) is 0 Å². The maximum Gasteiger partial charge on any atom is 0.127 e. The van der Waals surface area contributed by atoms with Crippen molar-refractivity contribution in [1.82, 2.24) is 5.32 Å². The lowest BCUT2D eigenvalue weighted by molar-refractivity contribution is 0.520. The Bertz CT molecular complexity index is 542. The van der Waals surface area contributed by atoms with E-state index in [4.69, 9.17) is 11.6 Å². The van der Waals surface area contributed by atoms with E-state index in [-0.39, 0.29) is 5.82 Å². The zero-order chi connectivity index (χ0) is 14.4. The summed E-state index contributed by atoms with van der Waals surface area (Å²) < 4.78 is 13.7. The van der Waals surface area contributed by atoms with Crippen LogP contribution in [0.4, 0.5) is 4.39 Å². The molecule has 1 atom stereocenters. The molecule has 0 fully saturated rings. The van der Waals surface area contributed by atoms with Crippen molar-refractivity contribution in [3.63, 3.8) is 0 Å². The van der Waals surface area contributed by atoms with E-state index in [1.807, 2.05) is 25.2 Å². The molecule has 0 spiro atoms. The molecule has 20 heavy (non-hydrogen) atoms. The van der Waals surface area contributed by atoms with Gasteiger partial charge in [0.25, 0.3) is 0 Å². The molecule has 3 heteroatoms. The quantitative estimate of drug-likeness (QED) is 0.809. The lowest BCUT2D eigenvalue weighted by atomic mass is 9.99. The van der Waals surface area contributed by atoms with Gasteiger partial charge in [0.1, 0.15) is 5.82 Å². The summed E-state index contributed by atoms with van der Waals surface area (Å²) in [5.74, 6) is -0.210. The molecule has 0 saturated carbocycles. The van der Waals surface area contributed by atoms with Crippen LogP contribution in [-0.2, 0) is 6.42 Å². The molecule has 2 aromatic rings. The van der Waals surface area contributed by atoms with Crippen LogP contribution in [0.15, 0.2) is 48.5 Å². The fraction of sp³-hybridized carbons (Fsp3) is 0.294. The van der Waals surface area contributed by atoms with E-state index in [9.17, 15) is 4.39 Å². The van der Waals surface area contributed by atoms with Crippen LogP contribution in [0.1, 0.15) is 30.0 Å². The first-order valence-corrected chi connectivity index (χ1v) is 7.24. The predicted octanol–water partition coefficient (Wildman–Crippen LogP) is 4.76. The number of hydrogen-bond donors (Lipinski definition) is 1. The Morgan fingerprint density at radius 3 is 2.55 bits per heavy atom.